The highest BCUT2D eigenvalue weighted by Gasteiger charge is 1.97. The number of nitrogens with zero attached hydrogens (tertiary/aromatic N) is 1. The van der Waals surface area contributed by atoms with Gasteiger partial charge in [-0.2, -0.15) is 0 Å². The molecule has 0 radical (unpaired) electrons. The Bertz CT molecular complexity index is 136. The van der Waals surface area contributed by atoms with Gasteiger partial charge >= 0.3 is 0 Å². The SMILES string of the molecule is CCN(CC)CCCCCCCOC=O. The number of carbonyl (C=O) groups excluding carboxylic acids is 1. The van der Waals surface area contributed by atoms with Gasteiger partial charge in [0.1, 0.15) is 0 Å². The molecule has 0 saturated heterocycles. The van der Waals surface area contributed by atoms with Crippen LogP contribution in [0.5, 0.6) is 0 Å². The van der Waals surface area contributed by atoms with Gasteiger partial charge in [0.15, 0.2) is 0 Å². The molecule has 0 amide bonds. The van der Waals surface area contributed by atoms with Gasteiger partial charge in [0.05, 0.1) is 6.61 Å². The van der Waals surface area contributed by atoms with E-state index in [1.165, 1.54) is 32.2 Å². The van der Waals surface area contributed by atoms with Crippen molar-refractivity contribution in [2.45, 2.75) is 46.0 Å². The van der Waals surface area contributed by atoms with Gasteiger partial charge in [-0.05, 0) is 32.5 Å². The van der Waals surface area contributed by atoms with E-state index in [9.17, 15) is 4.79 Å². The van der Waals surface area contributed by atoms with Gasteiger partial charge in [0.2, 0.25) is 0 Å². The summed E-state index contributed by atoms with van der Waals surface area (Å²) in [5.74, 6) is 0. The van der Waals surface area contributed by atoms with Crippen LogP contribution in [0, 0.1) is 0 Å². The monoisotopic (exact) mass is 215 g/mol. The molecule has 0 aliphatic rings. The Hall–Kier alpha value is -0.570. The Morgan fingerprint density at radius 1 is 1.00 bits per heavy atom. The number of hydrogen-bond donors (Lipinski definition) is 0. The largest absolute Gasteiger partial charge is 0.468 e. The summed E-state index contributed by atoms with van der Waals surface area (Å²) in [5, 5.41) is 0. The lowest BCUT2D eigenvalue weighted by Crippen LogP contribution is -2.23. The fourth-order valence-corrected chi connectivity index (χ4v) is 1.64. The quantitative estimate of drug-likeness (QED) is 0.391. The van der Waals surface area contributed by atoms with E-state index in [1.54, 1.807) is 0 Å². The molecule has 0 N–H and O–H groups in total. The smallest absolute Gasteiger partial charge is 0.293 e. The van der Waals surface area contributed by atoms with Crippen LogP contribution in [0.2, 0.25) is 0 Å². The molecular formula is C12H25NO2. The number of ether oxygens (including phenoxy) is 1. The Morgan fingerprint density at radius 2 is 1.60 bits per heavy atom. The third-order valence-corrected chi connectivity index (χ3v) is 2.70. The zero-order valence-corrected chi connectivity index (χ0v) is 10.2. The molecule has 0 atom stereocenters. The Morgan fingerprint density at radius 3 is 2.20 bits per heavy atom. The molecule has 0 heterocycles. The number of unbranched alkanes of at least 4 members (excludes halogenated alkanes) is 4. The molecule has 0 aromatic carbocycles. The van der Waals surface area contributed by atoms with Gasteiger partial charge in [0.25, 0.3) is 6.47 Å². The van der Waals surface area contributed by atoms with Crippen LogP contribution in [0.15, 0.2) is 0 Å². The Balaban J connectivity index is 3.07. The van der Waals surface area contributed by atoms with Gasteiger partial charge in [0, 0.05) is 0 Å². The summed E-state index contributed by atoms with van der Waals surface area (Å²) < 4.78 is 4.62. The summed E-state index contributed by atoms with van der Waals surface area (Å²) in [4.78, 5) is 12.3. The molecule has 0 bridgehead atoms. The van der Waals surface area contributed by atoms with Gasteiger partial charge in [-0.25, -0.2) is 0 Å². The van der Waals surface area contributed by atoms with Crippen LogP contribution >= 0.6 is 0 Å². The maximum atomic E-state index is 9.85. The van der Waals surface area contributed by atoms with Crippen molar-refractivity contribution >= 4 is 6.47 Å². The molecule has 0 spiro atoms. The first kappa shape index (κ1) is 14.4. The summed E-state index contributed by atoms with van der Waals surface area (Å²) in [6, 6.07) is 0. The molecule has 90 valence electrons. The van der Waals surface area contributed by atoms with Crippen molar-refractivity contribution in [1.29, 1.82) is 0 Å². The predicted octanol–water partition coefficient (Wildman–Crippen LogP) is 2.45. The number of hydrogen-bond acceptors (Lipinski definition) is 3. The van der Waals surface area contributed by atoms with E-state index in [-0.39, 0.29) is 0 Å². The minimum Gasteiger partial charge on any atom is -0.468 e. The molecule has 0 aromatic rings. The molecule has 15 heavy (non-hydrogen) atoms. The lowest BCUT2D eigenvalue weighted by molar-refractivity contribution is -0.128. The molecule has 0 aliphatic carbocycles. The van der Waals surface area contributed by atoms with Crippen LogP contribution in [-0.4, -0.2) is 37.6 Å². The highest BCUT2D eigenvalue weighted by atomic mass is 16.5. The molecule has 0 rings (SSSR count). The van der Waals surface area contributed by atoms with E-state index in [0.717, 1.165) is 19.5 Å². The van der Waals surface area contributed by atoms with Crippen LogP contribution < -0.4 is 0 Å². The molecule has 3 heteroatoms. The highest BCUT2D eigenvalue weighted by Crippen LogP contribution is 2.04. The normalized spacial score (nSPS) is 10.6. The first-order valence-electron chi connectivity index (χ1n) is 6.12. The van der Waals surface area contributed by atoms with Gasteiger partial charge in [-0.1, -0.05) is 33.1 Å². The van der Waals surface area contributed by atoms with Crippen LogP contribution in [-0.2, 0) is 9.53 Å². The molecule has 0 unspecified atom stereocenters. The van der Waals surface area contributed by atoms with Crippen molar-refractivity contribution in [3.05, 3.63) is 0 Å². The first-order chi connectivity index (χ1) is 7.35. The van der Waals surface area contributed by atoms with E-state index in [0.29, 0.717) is 13.1 Å². The lowest BCUT2D eigenvalue weighted by atomic mass is 10.1. The molecule has 0 aliphatic heterocycles. The maximum absolute atomic E-state index is 9.85. The first-order valence-corrected chi connectivity index (χ1v) is 6.12. The minimum absolute atomic E-state index is 0.528. The maximum Gasteiger partial charge on any atom is 0.293 e. The topological polar surface area (TPSA) is 29.5 Å². The molecule has 0 fully saturated rings. The third kappa shape index (κ3) is 9.73. The van der Waals surface area contributed by atoms with Gasteiger partial charge in [-0.15, -0.1) is 0 Å². The average molecular weight is 215 g/mol. The van der Waals surface area contributed by atoms with Crippen molar-refractivity contribution in [3.8, 4) is 0 Å². The highest BCUT2D eigenvalue weighted by molar-refractivity contribution is 5.36. The van der Waals surface area contributed by atoms with Crippen molar-refractivity contribution < 1.29 is 9.53 Å². The van der Waals surface area contributed by atoms with Crippen LogP contribution in [0.25, 0.3) is 0 Å². The van der Waals surface area contributed by atoms with Crippen molar-refractivity contribution in [2.75, 3.05) is 26.2 Å². The Kier molecular flexibility index (Phi) is 11.1. The summed E-state index contributed by atoms with van der Waals surface area (Å²) in [7, 11) is 0. The van der Waals surface area contributed by atoms with Gasteiger partial charge < -0.3 is 9.64 Å². The van der Waals surface area contributed by atoms with E-state index in [1.807, 2.05) is 0 Å². The van der Waals surface area contributed by atoms with Crippen molar-refractivity contribution in [1.82, 2.24) is 4.90 Å². The molecular weight excluding hydrogens is 190 g/mol. The second-order valence-electron chi connectivity index (χ2n) is 3.76. The third-order valence-electron chi connectivity index (χ3n) is 2.70. The van der Waals surface area contributed by atoms with Crippen LogP contribution in [0.3, 0.4) is 0 Å². The second-order valence-corrected chi connectivity index (χ2v) is 3.76. The fraction of sp³-hybridized carbons (Fsp3) is 0.917. The van der Waals surface area contributed by atoms with Crippen LogP contribution in [0.1, 0.15) is 46.0 Å². The zero-order valence-electron chi connectivity index (χ0n) is 10.2. The summed E-state index contributed by atoms with van der Waals surface area (Å²) in [6.45, 7) is 9.06. The number of carbonyl (C=O) groups is 1. The zero-order chi connectivity index (χ0) is 11.4. The molecule has 3 nitrogen and oxygen atoms in total. The lowest BCUT2D eigenvalue weighted by Gasteiger charge is -2.17. The van der Waals surface area contributed by atoms with Crippen LogP contribution in [0.4, 0.5) is 0 Å². The predicted molar refractivity (Wildman–Crippen MR) is 62.9 cm³/mol. The van der Waals surface area contributed by atoms with E-state index in [4.69, 9.17) is 0 Å². The molecule has 0 aromatic heterocycles. The second kappa shape index (κ2) is 11.5. The van der Waals surface area contributed by atoms with E-state index in [2.05, 4.69) is 23.5 Å². The standard InChI is InChI=1S/C12H25NO2/c1-3-13(4-2)10-8-6-5-7-9-11-15-12-14/h12H,3-11H2,1-2H3. The van der Waals surface area contributed by atoms with Crippen molar-refractivity contribution in [2.24, 2.45) is 0 Å². The van der Waals surface area contributed by atoms with E-state index >= 15 is 0 Å². The fourth-order valence-electron chi connectivity index (χ4n) is 1.64. The summed E-state index contributed by atoms with van der Waals surface area (Å²) >= 11 is 0. The summed E-state index contributed by atoms with van der Waals surface area (Å²) in [6.07, 6.45) is 6.01. The van der Waals surface area contributed by atoms with Crippen molar-refractivity contribution in [3.63, 3.8) is 0 Å². The Labute approximate surface area is 93.8 Å². The van der Waals surface area contributed by atoms with E-state index < -0.39 is 0 Å². The minimum atomic E-state index is 0.528. The average Bonchev–Trinajstić information content (AvgIpc) is 2.27. The number of rotatable bonds is 11. The molecule has 0 saturated carbocycles. The summed E-state index contributed by atoms with van der Waals surface area (Å²) in [5.41, 5.74) is 0. The van der Waals surface area contributed by atoms with Gasteiger partial charge in [-0.3, -0.25) is 4.79 Å².